The van der Waals surface area contributed by atoms with Crippen molar-refractivity contribution in [1.29, 1.82) is 0 Å². The van der Waals surface area contributed by atoms with E-state index in [-0.39, 0.29) is 11.9 Å². The molecular formula is C14H18N2O3. The van der Waals surface area contributed by atoms with Crippen molar-refractivity contribution >= 4 is 11.6 Å². The molecule has 5 heteroatoms. The highest BCUT2D eigenvalue weighted by atomic mass is 16.5. The van der Waals surface area contributed by atoms with E-state index >= 15 is 0 Å². The zero-order valence-corrected chi connectivity index (χ0v) is 11.0. The van der Waals surface area contributed by atoms with Gasteiger partial charge in [-0.05, 0) is 25.6 Å². The van der Waals surface area contributed by atoms with Gasteiger partial charge in [0.25, 0.3) is 0 Å². The van der Waals surface area contributed by atoms with Gasteiger partial charge in [-0.2, -0.15) is 0 Å². The summed E-state index contributed by atoms with van der Waals surface area (Å²) < 4.78 is 11.3. The summed E-state index contributed by atoms with van der Waals surface area (Å²) in [5, 5.41) is 3.04. The van der Waals surface area contributed by atoms with Gasteiger partial charge in [0, 0.05) is 24.7 Å². The molecule has 0 aromatic heterocycles. The number of anilines is 1. The molecule has 19 heavy (non-hydrogen) atoms. The van der Waals surface area contributed by atoms with Crippen LogP contribution >= 0.6 is 0 Å². The third-order valence-corrected chi connectivity index (χ3v) is 3.60. The first-order valence-corrected chi connectivity index (χ1v) is 6.68. The number of amides is 1. The van der Waals surface area contributed by atoms with Gasteiger partial charge < -0.3 is 19.7 Å². The number of carbonyl (C=O) groups is 1. The first-order chi connectivity index (χ1) is 9.29. The fraction of sp³-hybridized carbons (Fsp3) is 0.500. The molecule has 1 N–H and O–H groups in total. The van der Waals surface area contributed by atoms with Crippen LogP contribution in [0.1, 0.15) is 12.8 Å². The van der Waals surface area contributed by atoms with Crippen molar-refractivity contribution < 1.29 is 14.3 Å². The van der Waals surface area contributed by atoms with Crippen molar-refractivity contribution in [1.82, 2.24) is 5.32 Å². The Morgan fingerprint density at radius 3 is 2.79 bits per heavy atom. The van der Waals surface area contributed by atoms with Crippen molar-refractivity contribution in [2.24, 2.45) is 0 Å². The minimum absolute atomic E-state index is 0.0732. The smallest absolute Gasteiger partial charge is 0.244 e. The molecule has 1 aromatic rings. The molecule has 1 saturated heterocycles. The first kappa shape index (κ1) is 12.3. The van der Waals surface area contributed by atoms with Crippen LogP contribution in [0.25, 0.3) is 0 Å². The Morgan fingerprint density at radius 2 is 2.05 bits per heavy atom. The topological polar surface area (TPSA) is 50.8 Å². The van der Waals surface area contributed by atoms with Crippen LogP contribution in [-0.4, -0.2) is 38.8 Å². The van der Waals surface area contributed by atoms with Crippen molar-refractivity contribution in [2.45, 2.75) is 18.9 Å². The van der Waals surface area contributed by atoms with Crippen LogP contribution in [0.2, 0.25) is 0 Å². The predicted molar refractivity (Wildman–Crippen MR) is 71.9 cm³/mol. The number of rotatable bonds is 2. The summed E-state index contributed by atoms with van der Waals surface area (Å²) in [5.74, 6) is 1.62. The molecule has 0 bridgehead atoms. The van der Waals surface area contributed by atoms with Crippen LogP contribution in [0.5, 0.6) is 11.5 Å². The largest absolute Gasteiger partial charge is 0.490 e. The summed E-state index contributed by atoms with van der Waals surface area (Å²) >= 11 is 0. The van der Waals surface area contributed by atoms with Gasteiger partial charge in [0.05, 0.1) is 19.3 Å². The second-order valence-electron chi connectivity index (χ2n) is 4.80. The fourth-order valence-electron chi connectivity index (χ4n) is 2.52. The van der Waals surface area contributed by atoms with Crippen LogP contribution in [0.3, 0.4) is 0 Å². The fourth-order valence-corrected chi connectivity index (χ4v) is 2.52. The molecule has 0 radical (unpaired) electrons. The maximum Gasteiger partial charge on any atom is 0.244 e. The molecule has 3 rings (SSSR count). The predicted octanol–water partition coefficient (Wildman–Crippen LogP) is 1.17. The van der Waals surface area contributed by atoms with Crippen molar-refractivity contribution in [2.75, 3.05) is 31.7 Å². The average molecular weight is 262 g/mol. The molecule has 2 heterocycles. The van der Waals surface area contributed by atoms with Crippen molar-refractivity contribution in [3.05, 3.63) is 18.2 Å². The van der Waals surface area contributed by atoms with Crippen LogP contribution in [0.4, 0.5) is 5.69 Å². The Hall–Kier alpha value is -1.75. The maximum absolute atomic E-state index is 12.2. The van der Waals surface area contributed by atoms with Gasteiger partial charge in [-0.25, -0.2) is 0 Å². The summed E-state index contributed by atoms with van der Waals surface area (Å²) in [5.41, 5.74) is 0.881. The standard InChI is InChI=1S/C14H18N2O3/c1-15-11-5-6-16(14(11)17)10-3-4-12-13(9-10)19-8-2-7-18-12/h3-4,9,11,15H,2,5-8H2,1H3. The van der Waals surface area contributed by atoms with Gasteiger partial charge in [0.15, 0.2) is 11.5 Å². The quantitative estimate of drug-likeness (QED) is 0.869. The van der Waals surface area contributed by atoms with E-state index < -0.39 is 0 Å². The number of carbonyl (C=O) groups excluding carboxylic acids is 1. The van der Waals surface area contributed by atoms with E-state index in [0.717, 1.165) is 36.6 Å². The number of nitrogens with zero attached hydrogens (tertiary/aromatic N) is 1. The number of ether oxygens (including phenoxy) is 2. The molecule has 2 aliphatic heterocycles. The van der Waals surface area contributed by atoms with Gasteiger partial charge in [0.1, 0.15) is 0 Å². The van der Waals surface area contributed by atoms with Crippen LogP contribution < -0.4 is 19.7 Å². The van der Waals surface area contributed by atoms with Gasteiger partial charge in [-0.15, -0.1) is 0 Å². The highest BCUT2D eigenvalue weighted by Crippen LogP contribution is 2.34. The number of fused-ring (bicyclic) bond motifs is 1. The van der Waals surface area contributed by atoms with E-state index in [4.69, 9.17) is 9.47 Å². The van der Waals surface area contributed by atoms with Gasteiger partial charge in [-0.3, -0.25) is 4.79 Å². The van der Waals surface area contributed by atoms with Crippen LogP contribution in [0.15, 0.2) is 18.2 Å². The zero-order chi connectivity index (χ0) is 13.2. The van der Waals surface area contributed by atoms with E-state index in [0.29, 0.717) is 13.2 Å². The molecule has 5 nitrogen and oxygen atoms in total. The third-order valence-electron chi connectivity index (χ3n) is 3.60. The number of hydrogen-bond donors (Lipinski definition) is 1. The van der Waals surface area contributed by atoms with E-state index in [2.05, 4.69) is 5.32 Å². The number of nitrogens with one attached hydrogen (secondary N) is 1. The molecule has 1 fully saturated rings. The lowest BCUT2D eigenvalue weighted by Crippen LogP contribution is -2.36. The van der Waals surface area contributed by atoms with Gasteiger partial charge in [0.2, 0.25) is 5.91 Å². The van der Waals surface area contributed by atoms with E-state index in [1.165, 1.54) is 0 Å². The molecule has 1 atom stereocenters. The molecule has 1 amide bonds. The number of benzene rings is 1. The lowest BCUT2D eigenvalue weighted by Gasteiger charge is -2.18. The minimum Gasteiger partial charge on any atom is -0.490 e. The van der Waals surface area contributed by atoms with Crippen LogP contribution in [0, 0.1) is 0 Å². The molecule has 102 valence electrons. The zero-order valence-electron chi connectivity index (χ0n) is 11.0. The Labute approximate surface area is 112 Å². The lowest BCUT2D eigenvalue weighted by molar-refractivity contribution is -0.118. The van der Waals surface area contributed by atoms with Gasteiger partial charge in [-0.1, -0.05) is 0 Å². The highest BCUT2D eigenvalue weighted by molar-refractivity contribution is 5.99. The summed E-state index contributed by atoms with van der Waals surface area (Å²) in [6, 6.07) is 5.63. The molecule has 0 spiro atoms. The van der Waals surface area contributed by atoms with E-state index in [1.54, 1.807) is 4.90 Å². The summed E-state index contributed by atoms with van der Waals surface area (Å²) in [6.45, 7) is 2.07. The molecule has 2 aliphatic rings. The summed E-state index contributed by atoms with van der Waals surface area (Å²) in [4.78, 5) is 14.0. The molecule has 1 unspecified atom stereocenters. The van der Waals surface area contributed by atoms with Gasteiger partial charge >= 0.3 is 0 Å². The molecule has 0 saturated carbocycles. The Bertz CT molecular complexity index is 490. The van der Waals surface area contributed by atoms with E-state index in [1.807, 2.05) is 25.2 Å². The Kier molecular flexibility index (Phi) is 3.29. The monoisotopic (exact) mass is 262 g/mol. The third kappa shape index (κ3) is 2.26. The van der Waals surface area contributed by atoms with Crippen molar-refractivity contribution in [3.63, 3.8) is 0 Å². The lowest BCUT2D eigenvalue weighted by atomic mass is 10.2. The average Bonchev–Trinajstić information content (AvgIpc) is 2.66. The molecule has 1 aromatic carbocycles. The van der Waals surface area contributed by atoms with Crippen LogP contribution in [-0.2, 0) is 4.79 Å². The maximum atomic E-state index is 12.2. The second kappa shape index (κ2) is 5.09. The minimum atomic E-state index is -0.0732. The van der Waals surface area contributed by atoms with E-state index in [9.17, 15) is 4.79 Å². The number of hydrogen-bond acceptors (Lipinski definition) is 4. The molecular weight excluding hydrogens is 244 g/mol. The Balaban J connectivity index is 1.86. The SMILES string of the molecule is CNC1CCN(c2ccc3c(c2)OCCCO3)C1=O. The normalized spacial score (nSPS) is 22.5. The highest BCUT2D eigenvalue weighted by Gasteiger charge is 2.31. The Morgan fingerprint density at radius 1 is 1.26 bits per heavy atom. The second-order valence-corrected chi connectivity index (χ2v) is 4.80. The first-order valence-electron chi connectivity index (χ1n) is 6.68. The van der Waals surface area contributed by atoms with Crippen molar-refractivity contribution in [3.8, 4) is 11.5 Å². The number of likely N-dealkylation sites (N-methyl/N-ethyl adjacent to an activating group) is 1. The molecule has 0 aliphatic carbocycles. The summed E-state index contributed by atoms with van der Waals surface area (Å²) in [6.07, 6.45) is 1.72. The summed E-state index contributed by atoms with van der Waals surface area (Å²) in [7, 11) is 1.82.